The molecular formula is C21H23ClFN5O2S. The first-order valence-corrected chi connectivity index (χ1v) is 11.0. The Morgan fingerprint density at radius 2 is 1.90 bits per heavy atom. The summed E-state index contributed by atoms with van der Waals surface area (Å²) >= 11 is 5.98. The predicted octanol–water partition coefficient (Wildman–Crippen LogP) is 3.92. The Bertz CT molecular complexity index is 1100. The van der Waals surface area contributed by atoms with E-state index in [0.717, 1.165) is 5.56 Å². The zero-order chi connectivity index (χ0) is 22.6. The summed E-state index contributed by atoms with van der Waals surface area (Å²) in [6.45, 7) is 6.15. The molecule has 164 valence electrons. The van der Waals surface area contributed by atoms with Gasteiger partial charge in [0.1, 0.15) is 6.33 Å². The predicted molar refractivity (Wildman–Crippen MR) is 120 cm³/mol. The number of carbonyl (C=O) groups is 1. The minimum Gasteiger partial charge on any atom is -0.317 e. The topological polar surface area (TPSA) is 88.9 Å². The average Bonchev–Trinajstić information content (AvgIpc) is 3.18. The maximum absolute atomic E-state index is 14.5. The van der Waals surface area contributed by atoms with Crippen molar-refractivity contribution in [2.45, 2.75) is 38.6 Å². The lowest BCUT2D eigenvalue weighted by molar-refractivity contribution is 0.101. The van der Waals surface area contributed by atoms with Gasteiger partial charge in [-0.05, 0) is 44.0 Å². The van der Waals surface area contributed by atoms with Crippen molar-refractivity contribution in [2.75, 3.05) is 5.32 Å². The second-order valence-electron chi connectivity index (χ2n) is 7.85. The number of rotatable bonds is 7. The number of nitrogens with zero attached hydrogens (tertiary/aromatic N) is 3. The van der Waals surface area contributed by atoms with Gasteiger partial charge in [0.15, 0.2) is 5.82 Å². The lowest BCUT2D eigenvalue weighted by atomic mass is 10.2. The van der Waals surface area contributed by atoms with Crippen LogP contribution < -0.4 is 10.0 Å². The van der Waals surface area contributed by atoms with Crippen LogP contribution in [0.3, 0.4) is 0 Å². The number of carbonyl (C=O) groups excluding carboxylic acids is 1. The van der Waals surface area contributed by atoms with Crippen LogP contribution in [0, 0.1) is 5.82 Å². The molecule has 0 aliphatic heterocycles. The Morgan fingerprint density at radius 1 is 1.19 bits per heavy atom. The third-order valence-electron chi connectivity index (χ3n) is 4.23. The molecule has 0 saturated carbocycles. The van der Waals surface area contributed by atoms with Crippen molar-refractivity contribution >= 4 is 34.2 Å². The molecule has 3 aromatic rings. The van der Waals surface area contributed by atoms with Gasteiger partial charge >= 0.3 is 0 Å². The monoisotopic (exact) mass is 463 g/mol. The summed E-state index contributed by atoms with van der Waals surface area (Å²) in [5.74, 6) is -1.52. The molecule has 0 unspecified atom stereocenters. The normalized spacial score (nSPS) is 12.5. The maximum atomic E-state index is 14.5. The first-order chi connectivity index (χ1) is 14.6. The maximum Gasteiger partial charge on any atom is 0.295 e. The van der Waals surface area contributed by atoms with Crippen molar-refractivity contribution in [1.29, 1.82) is 0 Å². The molecule has 0 aliphatic carbocycles. The molecule has 31 heavy (non-hydrogen) atoms. The highest BCUT2D eigenvalue weighted by molar-refractivity contribution is 7.84. The Hall–Kier alpha value is -2.62. The number of hydrogen-bond acceptors (Lipinski definition) is 4. The Morgan fingerprint density at radius 3 is 2.58 bits per heavy atom. The first-order valence-electron chi connectivity index (χ1n) is 9.51. The van der Waals surface area contributed by atoms with Crippen molar-refractivity contribution < 1.29 is 13.4 Å². The zero-order valence-electron chi connectivity index (χ0n) is 17.4. The fourth-order valence-electron chi connectivity index (χ4n) is 2.63. The molecule has 3 rings (SSSR count). The van der Waals surface area contributed by atoms with Gasteiger partial charge in [-0.2, -0.15) is 0 Å². The SMILES string of the molecule is CC(C)(C)[S@@](=O)NCc1cc(Cl)c(F)c(NC(=O)c2ncn(Cc3ccccc3)n2)c1. The van der Waals surface area contributed by atoms with E-state index < -0.39 is 27.5 Å². The van der Waals surface area contributed by atoms with Crippen LogP contribution in [0.4, 0.5) is 10.1 Å². The van der Waals surface area contributed by atoms with E-state index in [1.165, 1.54) is 23.1 Å². The molecular weight excluding hydrogens is 441 g/mol. The molecule has 0 spiro atoms. The summed E-state index contributed by atoms with van der Waals surface area (Å²) in [5.41, 5.74) is 1.47. The number of aromatic nitrogens is 3. The van der Waals surface area contributed by atoms with Gasteiger partial charge in [0.2, 0.25) is 5.82 Å². The van der Waals surface area contributed by atoms with Gasteiger partial charge in [-0.25, -0.2) is 23.0 Å². The van der Waals surface area contributed by atoms with Crippen LogP contribution in [-0.4, -0.2) is 29.6 Å². The summed E-state index contributed by atoms with van der Waals surface area (Å²) in [5, 5.41) is 6.46. The smallest absolute Gasteiger partial charge is 0.295 e. The van der Waals surface area contributed by atoms with Gasteiger partial charge in [-0.15, -0.1) is 5.10 Å². The first kappa shape index (κ1) is 23.1. The van der Waals surface area contributed by atoms with Crippen molar-refractivity contribution in [3.05, 3.63) is 76.6 Å². The van der Waals surface area contributed by atoms with Gasteiger partial charge in [-0.3, -0.25) is 4.79 Å². The summed E-state index contributed by atoms with van der Waals surface area (Å²) < 4.78 is 30.6. The Balaban J connectivity index is 1.71. The van der Waals surface area contributed by atoms with Crippen molar-refractivity contribution in [3.63, 3.8) is 0 Å². The number of anilines is 1. The Labute approximate surface area is 187 Å². The molecule has 1 atom stereocenters. The molecule has 2 N–H and O–H groups in total. The second kappa shape index (κ2) is 9.67. The molecule has 0 aliphatic rings. The third kappa shape index (κ3) is 6.19. The second-order valence-corrected chi connectivity index (χ2v) is 10.3. The summed E-state index contributed by atoms with van der Waals surface area (Å²) in [6, 6.07) is 12.5. The molecule has 1 aromatic heterocycles. The summed E-state index contributed by atoms with van der Waals surface area (Å²) in [7, 11) is -1.31. The Kier molecular flexibility index (Phi) is 7.19. The number of nitrogens with one attached hydrogen (secondary N) is 2. The molecule has 10 heteroatoms. The fourth-order valence-corrected chi connectivity index (χ4v) is 3.60. The van der Waals surface area contributed by atoms with Gasteiger partial charge in [-0.1, -0.05) is 41.9 Å². The fraction of sp³-hybridized carbons (Fsp3) is 0.286. The van der Waals surface area contributed by atoms with Crippen LogP contribution in [-0.2, 0) is 24.1 Å². The van der Waals surface area contributed by atoms with Crippen molar-refractivity contribution in [2.24, 2.45) is 0 Å². The standard InChI is InChI=1S/C21H23ClFN5O2S/c1-21(2,3)31(30)25-11-15-9-16(22)18(23)17(10-15)26-20(29)19-24-13-28(27-19)12-14-7-5-4-6-8-14/h4-10,13,25H,11-12H2,1-3H3,(H,26,29)/t31-/m1/s1. The van der Waals surface area contributed by atoms with Crippen LogP contribution in [0.1, 0.15) is 42.5 Å². The number of hydrogen-bond donors (Lipinski definition) is 2. The molecule has 7 nitrogen and oxygen atoms in total. The van der Waals surface area contributed by atoms with Crippen LogP contribution >= 0.6 is 11.6 Å². The average molecular weight is 464 g/mol. The van der Waals surface area contributed by atoms with E-state index in [1.54, 1.807) is 0 Å². The van der Waals surface area contributed by atoms with Crippen LogP contribution in [0.15, 0.2) is 48.8 Å². The van der Waals surface area contributed by atoms with Gasteiger partial charge < -0.3 is 5.32 Å². The van der Waals surface area contributed by atoms with E-state index in [0.29, 0.717) is 12.1 Å². The van der Waals surface area contributed by atoms with E-state index in [9.17, 15) is 13.4 Å². The molecule has 0 radical (unpaired) electrons. The van der Waals surface area contributed by atoms with E-state index in [-0.39, 0.29) is 23.1 Å². The molecule has 0 bridgehead atoms. The largest absolute Gasteiger partial charge is 0.317 e. The van der Waals surface area contributed by atoms with E-state index in [2.05, 4.69) is 20.1 Å². The summed E-state index contributed by atoms with van der Waals surface area (Å²) in [6.07, 6.45) is 1.44. The van der Waals surface area contributed by atoms with Gasteiger partial charge in [0.25, 0.3) is 5.91 Å². The molecule has 0 fully saturated rings. The van der Waals surface area contributed by atoms with Gasteiger partial charge in [0, 0.05) is 6.54 Å². The quantitative estimate of drug-likeness (QED) is 0.555. The van der Waals surface area contributed by atoms with Gasteiger partial charge in [0.05, 0.1) is 33.0 Å². The van der Waals surface area contributed by atoms with E-state index >= 15 is 0 Å². The van der Waals surface area contributed by atoms with Crippen LogP contribution in [0.5, 0.6) is 0 Å². The third-order valence-corrected chi connectivity index (χ3v) is 6.02. The lowest BCUT2D eigenvalue weighted by Crippen LogP contribution is -2.32. The van der Waals surface area contributed by atoms with Crippen LogP contribution in [0.2, 0.25) is 5.02 Å². The molecule has 0 saturated heterocycles. The molecule has 1 amide bonds. The highest BCUT2D eigenvalue weighted by Crippen LogP contribution is 2.25. The highest BCUT2D eigenvalue weighted by Gasteiger charge is 2.20. The zero-order valence-corrected chi connectivity index (χ0v) is 18.9. The van der Waals surface area contributed by atoms with Crippen molar-refractivity contribution in [3.8, 4) is 0 Å². The van der Waals surface area contributed by atoms with Crippen molar-refractivity contribution in [1.82, 2.24) is 19.5 Å². The molecule has 2 aromatic carbocycles. The van der Waals surface area contributed by atoms with Crippen LogP contribution in [0.25, 0.3) is 0 Å². The minimum absolute atomic E-state index is 0.0937. The molecule has 1 heterocycles. The number of benzene rings is 2. The lowest BCUT2D eigenvalue weighted by Gasteiger charge is -2.18. The highest BCUT2D eigenvalue weighted by atomic mass is 35.5. The number of halogens is 2. The number of amides is 1. The minimum atomic E-state index is -1.31. The van der Waals surface area contributed by atoms with E-state index in [4.69, 9.17) is 11.6 Å². The van der Waals surface area contributed by atoms with E-state index in [1.807, 2.05) is 51.1 Å². The summed E-state index contributed by atoms with van der Waals surface area (Å²) in [4.78, 5) is 16.5.